The van der Waals surface area contributed by atoms with E-state index in [1.54, 1.807) is 31.3 Å². The van der Waals surface area contributed by atoms with Crippen LogP contribution in [-0.4, -0.2) is 52.9 Å². The number of aliphatic imine (C=N–C) groups is 1. The lowest BCUT2D eigenvalue weighted by Crippen LogP contribution is -2.44. The lowest BCUT2D eigenvalue weighted by atomic mass is 10.3. The minimum absolute atomic E-state index is 0.0723. The monoisotopic (exact) mass is 358 g/mol. The molecule has 132 valence electrons. The Balaban J connectivity index is 1.84. The molecule has 1 aromatic heterocycles. The minimum Gasteiger partial charge on any atom is -0.390 e. The SMILES string of the molecule is C=C/C=C(\N=C(/C)CO)NSN1CCN(c2ccc(C#N)cn2)CC1. The van der Waals surface area contributed by atoms with Crippen molar-refractivity contribution in [2.24, 2.45) is 4.99 Å². The standard InChI is InChI=1S/C17H22N6OS/c1-3-4-16(20-14(2)13-24)21-25-23-9-7-22(8-10-23)17-6-5-15(11-18)12-19-17/h3-6,12,21,24H,1,7-10,13H2,2H3/b16-4+,20-14+. The van der Waals surface area contributed by atoms with Crippen molar-refractivity contribution >= 4 is 23.7 Å². The number of pyridine rings is 1. The number of allylic oxidation sites excluding steroid dienone is 2. The summed E-state index contributed by atoms with van der Waals surface area (Å²) in [6.45, 7) is 8.81. The van der Waals surface area contributed by atoms with E-state index in [4.69, 9.17) is 10.4 Å². The molecule has 0 saturated carbocycles. The number of aliphatic hydroxyl groups excluding tert-OH is 1. The van der Waals surface area contributed by atoms with Crippen LogP contribution in [0.1, 0.15) is 12.5 Å². The summed E-state index contributed by atoms with van der Waals surface area (Å²) in [6, 6.07) is 5.76. The summed E-state index contributed by atoms with van der Waals surface area (Å²) in [4.78, 5) is 10.8. The van der Waals surface area contributed by atoms with E-state index in [1.165, 1.54) is 12.1 Å². The van der Waals surface area contributed by atoms with Crippen molar-refractivity contribution in [1.82, 2.24) is 14.0 Å². The van der Waals surface area contributed by atoms with Crippen LogP contribution in [0, 0.1) is 11.3 Å². The van der Waals surface area contributed by atoms with E-state index in [0.717, 1.165) is 32.0 Å². The van der Waals surface area contributed by atoms with Crippen LogP contribution < -0.4 is 9.62 Å². The Kier molecular flexibility index (Phi) is 7.47. The maximum Gasteiger partial charge on any atom is 0.136 e. The largest absolute Gasteiger partial charge is 0.390 e. The molecule has 1 aliphatic heterocycles. The number of piperazine rings is 1. The van der Waals surface area contributed by atoms with Crippen molar-refractivity contribution in [3.63, 3.8) is 0 Å². The zero-order valence-corrected chi connectivity index (χ0v) is 15.0. The summed E-state index contributed by atoms with van der Waals surface area (Å²) < 4.78 is 5.40. The molecule has 0 spiro atoms. The average Bonchev–Trinajstić information content (AvgIpc) is 2.66. The van der Waals surface area contributed by atoms with E-state index in [1.807, 2.05) is 6.07 Å². The highest BCUT2D eigenvalue weighted by Gasteiger charge is 2.18. The number of anilines is 1. The molecule has 7 nitrogen and oxygen atoms in total. The van der Waals surface area contributed by atoms with Crippen LogP contribution in [0.25, 0.3) is 0 Å². The quantitative estimate of drug-likeness (QED) is 0.436. The van der Waals surface area contributed by atoms with Crippen LogP contribution in [-0.2, 0) is 0 Å². The maximum atomic E-state index is 9.08. The van der Waals surface area contributed by atoms with Gasteiger partial charge in [-0.25, -0.2) is 14.3 Å². The third-order valence-electron chi connectivity index (χ3n) is 3.53. The van der Waals surface area contributed by atoms with Gasteiger partial charge in [0.1, 0.15) is 17.7 Å². The Morgan fingerprint density at radius 3 is 2.80 bits per heavy atom. The molecule has 2 heterocycles. The Morgan fingerprint density at radius 2 is 2.24 bits per heavy atom. The van der Waals surface area contributed by atoms with E-state index >= 15 is 0 Å². The highest BCUT2D eigenvalue weighted by Crippen LogP contribution is 2.17. The zero-order chi connectivity index (χ0) is 18.1. The van der Waals surface area contributed by atoms with Crippen molar-refractivity contribution in [2.45, 2.75) is 6.92 Å². The molecule has 0 radical (unpaired) electrons. The van der Waals surface area contributed by atoms with Crippen molar-refractivity contribution < 1.29 is 5.11 Å². The van der Waals surface area contributed by atoms with E-state index in [-0.39, 0.29) is 6.61 Å². The number of rotatable bonds is 7. The predicted molar refractivity (Wildman–Crippen MR) is 102 cm³/mol. The first-order chi connectivity index (χ1) is 12.2. The summed E-state index contributed by atoms with van der Waals surface area (Å²) in [7, 11) is 0. The van der Waals surface area contributed by atoms with Gasteiger partial charge < -0.3 is 14.7 Å². The molecular formula is C17H22N6OS. The third-order valence-corrected chi connectivity index (χ3v) is 4.46. The molecular weight excluding hydrogens is 336 g/mol. The Bertz CT molecular complexity index is 671. The molecule has 0 aliphatic carbocycles. The van der Waals surface area contributed by atoms with E-state index in [2.05, 4.69) is 36.6 Å². The minimum atomic E-state index is -0.0723. The van der Waals surface area contributed by atoms with Gasteiger partial charge in [-0.2, -0.15) is 5.26 Å². The van der Waals surface area contributed by atoms with Gasteiger partial charge in [-0.1, -0.05) is 12.7 Å². The molecule has 1 aromatic rings. The first-order valence-corrected chi connectivity index (χ1v) is 8.70. The lowest BCUT2D eigenvalue weighted by Gasteiger charge is -2.34. The molecule has 2 N–H and O–H groups in total. The number of hydrogen-bond donors (Lipinski definition) is 2. The van der Waals surface area contributed by atoms with Crippen LogP contribution in [0.15, 0.2) is 47.9 Å². The average molecular weight is 358 g/mol. The van der Waals surface area contributed by atoms with E-state index < -0.39 is 0 Å². The number of aromatic nitrogens is 1. The van der Waals surface area contributed by atoms with Gasteiger partial charge in [-0.05, 0) is 25.1 Å². The summed E-state index contributed by atoms with van der Waals surface area (Å²) in [6.07, 6.45) is 5.03. The summed E-state index contributed by atoms with van der Waals surface area (Å²) in [5.74, 6) is 1.55. The van der Waals surface area contributed by atoms with E-state index in [0.29, 0.717) is 17.1 Å². The number of aliphatic hydroxyl groups is 1. The van der Waals surface area contributed by atoms with Gasteiger partial charge in [0.05, 0.1) is 12.2 Å². The van der Waals surface area contributed by atoms with E-state index in [9.17, 15) is 0 Å². The summed E-state index contributed by atoms with van der Waals surface area (Å²) >= 11 is 1.49. The summed E-state index contributed by atoms with van der Waals surface area (Å²) in [5.41, 5.74) is 1.21. The fourth-order valence-corrected chi connectivity index (χ4v) is 2.89. The molecule has 8 heteroatoms. The first kappa shape index (κ1) is 19.0. The van der Waals surface area contributed by atoms with Gasteiger partial charge in [0.25, 0.3) is 0 Å². The van der Waals surface area contributed by atoms with Gasteiger partial charge >= 0.3 is 0 Å². The van der Waals surface area contributed by atoms with Crippen molar-refractivity contribution in [2.75, 3.05) is 37.7 Å². The van der Waals surface area contributed by atoms with Crippen molar-refractivity contribution in [3.8, 4) is 6.07 Å². The van der Waals surface area contributed by atoms with Gasteiger partial charge in [0.2, 0.25) is 0 Å². The number of nitrogens with zero attached hydrogens (tertiary/aromatic N) is 5. The molecule has 0 bridgehead atoms. The maximum absolute atomic E-state index is 9.08. The number of hydrogen-bond acceptors (Lipinski definition) is 8. The summed E-state index contributed by atoms with van der Waals surface area (Å²) in [5, 5.41) is 17.9. The van der Waals surface area contributed by atoms with Crippen LogP contribution in [0.2, 0.25) is 0 Å². The predicted octanol–water partition coefficient (Wildman–Crippen LogP) is 1.71. The molecule has 2 rings (SSSR count). The smallest absolute Gasteiger partial charge is 0.136 e. The van der Waals surface area contributed by atoms with Crippen molar-refractivity contribution in [3.05, 3.63) is 48.4 Å². The zero-order valence-electron chi connectivity index (χ0n) is 14.2. The highest BCUT2D eigenvalue weighted by molar-refractivity contribution is 7.95. The molecule has 25 heavy (non-hydrogen) atoms. The second-order valence-corrected chi connectivity index (χ2v) is 6.32. The van der Waals surface area contributed by atoms with Crippen LogP contribution in [0.4, 0.5) is 5.82 Å². The first-order valence-electron chi connectivity index (χ1n) is 7.93. The van der Waals surface area contributed by atoms with Crippen molar-refractivity contribution in [1.29, 1.82) is 5.26 Å². The second kappa shape index (κ2) is 9.84. The van der Waals surface area contributed by atoms with Gasteiger partial charge in [0, 0.05) is 50.2 Å². The third kappa shape index (κ3) is 5.90. The molecule has 0 atom stereocenters. The molecule has 1 fully saturated rings. The lowest BCUT2D eigenvalue weighted by molar-refractivity contribution is 0.356. The molecule has 1 aliphatic rings. The highest BCUT2D eigenvalue weighted by atomic mass is 32.2. The molecule has 0 unspecified atom stereocenters. The fourth-order valence-electron chi connectivity index (χ4n) is 2.21. The Hall–Kier alpha value is -2.34. The second-order valence-electron chi connectivity index (χ2n) is 5.42. The van der Waals surface area contributed by atoms with Crippen LogP contribution in [0.5, 0.6) is 0 Å². The molecule has 0 aromatic carbocycles. The van der Waals surface area contributed by atoms with Gasteiger partial charge in [0.15, 0.2) is 0 Å². The number of nitriles is 1. The fraction of sp³-hybridized carbons (Fsp3) is 0.353. The van der Waals surface area contributed by atoms with Gasteiger partial charge in [-0.15, -0.1) is 0 Å². The normalized spacial score (nSPS) is 16.4. The van der Waals surface area contributed by atoms with Gasteiger partial charge in [-0.3, -0.25) is 0 Å². The molecule has 0 amide bonds. The number of nitrogens with one attached hydrogen (secondary N) is 1. The van der Waals surface area contributed by atoms with Crippen LogP contribution >= 0.6 is 12.1 Å². The Morgan fingerprint density at radius 1 is 1.48 bits per heavy atom. The topological polar surface area (TPSA) is 87.8 Å². The van der Waals surface area contributed by atoms with Crippen LogP contribution in [0.3, 0.4) is 0 Å². The Labute approximate surface area is 152 Å². The molecule has 1 saturated heterocycles.